The predicted octanol–water partition coefficient (Wildman–Crippen LogP) is 4.09. The van der Waals surface area contributed by atoms with Crippen molar-refractivity contribution in [3.8, 4) is 0 Å². The van der Waals surface area contributed by atoms with Crippen LogP contribution in [0.5, 0.6) is 0 Å². The molecule has 1 unspecified atom stereocenters. The molecule has 3 heteroatoms. The maximum absolute atomic E-state index is 3.65. The first-order valence-corrected chi connectivity index (χ1v) is 6.12. The lowest BCUT2D eigenvalue weighted by Gasteiger charge is -2.02. The van der Waals surface area contributed by atoms with Crippen molar-refractivity contribution in [3.05, 3.63) is 44.8 Å². The second kappa shape index (κ2) is 3.73. The van der Waals surface area contributed by atoms with Crippen LogP contribution in [0.15, 0.2) is 29.6 Å². The van der Waals surface area contributed by atoms with Gasteiger partial charge in [-0.15, -0.1) is 22.7 Å². The first-order valence-electron chi connectivity index (χ1n) is 3.51. The molecule has 0 nitrogen and oxygen atoms in total. The minimum atomic E-state index is 0.355. The average Bonchev–Trinajstić information content (AvgIpc) is 2.77. The van der Waals surface area contributed by atoms with E-state index in [1.807, 2.05) is 6.07 Å². The zero-order valence-electron chi connectivity index (χ0n) is 6.16. The van der Waals surface area contributed by atoms with Gasteiger partial charge in [0.25, 0.3) is 0 Å². The number of hydrogen-bond donors (Lipinski definition) is 0. The van der Waals surface area contributed by atoms with Gasteiger partial charge >= 0.3 is 0 Å². The van der Waals surface area contributed by atoms with Crippen LogP contribution in [0.1, 0.15) is 14.6 Å². The van der Waals surface area contributed by atoms with Crippen LogP contribution in [0.25, 0.3) is 0 Å². The highest BCUT2D eigenvalue weighted by molar-refractivity contribution is 9.09. The van der Waals surface area contributed by atoms with Gasteiger partial charge in [-0.05, 0) is 23.6 Å². The minimum absolute atomic E-state index is 0.355. The number of hydrogen-bond acceptors (Lipinski definition) is 2. The van der Waals surface area contributed by atoms with Gasteiger partial charge in [-0.3, -0.25) is 0 Å². The maximum atomic E-state index is 3.65. The van der Waals surface area contributed by atoms with E-state index < -0.39 is 0 Å². The molecule has 0 aliphatic heterocycles. The molecule has 1 radical (unpaired) electrons. The summed E-state index contributed by atoms with van der Waals surface area (Å²) in [6.07, 6.45) is 0. The van der Waals surface area contributed by atoms with E-state index in [1.54, 1.807) is 22.7 Å². The number of alkyl halides is 1. The predicted molar refractivity (Wildman–Crippen MR) is 58.2 cm³/mol. The Morgan fingerprint density at radius 1 is 1.33 bits per heavy atom. The van der Waals surface area contributed by atoms with Crippen LogP contribution in [0.4, 0.5) is 0 Å². The van der Waals surface area contributed by atoms with Gasteiger partial charge in [-0.1, -0.05) is 22.0 Å². The van der Waals surface area contributed by atoms with E-state index >= 15 is 0 Å². The molecule has 0 aliphatic rings. The van der Waals surface area contributed by atoms with E-state index in [2.05, 4.69) is 44.9 Å². The molecule has 2 aromatic heterocycles. The largest absolute Gasteiger partial charge is 0.147 e. The summed E-state index contributed by atoms with van der Waals surface area (Å²) in [5.74, 6) is 0. The Hall–Kier alpha value is -0.120. The van der Waals surface area contributed by atoms with E-state index in [-0.39, 0.29) is 0 Å². The third kappa shape index (κ3) is 1.63. The van der Waals surface area contributed by atoms with Crippen LogP contribution < -0.4 is 0 Å². The molecular formula is C9H6BrS2. The molecule has 2 rings (SSSR count). The van der Waals surface area contributed by atoms with Crippen molar-refractivity contribution < 1.29 is 0 Å². The normalized spacial score (nSPS) is 10.8. The Morgan fingerprint density at radius 2 is 2.25 bits per heavy atom. The SMILES string of the molecule is BrC(c1cc[c]s1)c1cccs1. The fourth-order valence-electron chi connectivity index (χ4n) is 0.964. The highest BCUT2D eigenvalue weighted by atomic mass is 79.9. The van der Waals surface area contributed by atoms with Gasteiger partial charge < -0.3 is 0 Å². The summed E-state index contributed by atoms with van der Waals surface area (Å²) in [5.41, 5.74) is 0. The Kier molecular flexibility index (Phi) is 2.63. The summed E-state index contributed by atoms with van der Waals surface area (Å²) in [4.78, 5) is 3.03. The standard InChI is InChI=1S/C9H6BrS2/c10-9(7-3-1-5-11-7)8-4-2-6-12-8/h1-5,9H. The Labute approximate surface area is 88.0 Å². The summed E-state index contributed by atoms with van der Waals surface area (Å²) in [7, 11) is 0. The molecule has 0 fully saturated rings. The fourth-order valence-corrected chi connectivity index (χ4v) is 3.30. The molecule has 0 amide bonds. The molecule has 0 spiro atoms. The van der Waals surface area contributed by atoms with Gasteiger partial charge in [0.15, 0.2) is 0 Å². The zero-order valence-corrected chi connectivity index (χ0v) is 9.38. The molecule has 2 heterocycles. The van der Waals surface area contributed by atoms with Crippen molar-refractivity contribution in [2.75, 3.05) is 0 Å². The summed E-state index contributed by atoms with van der Waals surface area (Å²) >= 11 is 7.09. The molecule has 12 heavy (non-hydrogen) atoms. The van der Waals surface area contributed by atoms with Crippen LogP contribution in [0, 0.1) is 5.38 Å². The molecule has 0 N–H and O–H groups in total. The van der Waals surface area contributed by atoms with Crippen molar-refractivity contribution in [2.24, 2.45) is 0 Å². The van der Waals surface area contributed by atoms with Crippen molar-refractivity contribution in [2.45, 2.75) is 4.83 Å². The number of thiophene rings is 2. The lowest BCUT2D eigenvalue weighted by molar-refractivity contribution is 1.29. The number of halogens is 1. The lowest BCUT2D eigenvalue weighted by Crippen LogP contribution is -1.82. The van der Waals surface area contributed by atoms with Gasteiger partial charge in [0.2, 0.25) is 0 Å². The zero-order chi connectivity index (χ0) is 8.39. The van der Waals surface area contributed by atoms with Crippen molar-refractivity contribution in [3.63, 3.8) is 0 Å². The average molecular weight is 258 g/mol. The highest BCUT2D eigenvalue weighted by Gasteiger charge is 2.11. The van der Waals surface area contributed by atoms with Crippen molar-refractivity contribution >= 4 is 38.6 Å². The van der Waals surface area contributed by atoms with E-state index in [0.29, 0.717) is 4.83 Å². The van der Waals surface area contributed by atoms with Crippen LogP contribution in [0.2, 0.25) is 0 Å². The Bertz CT molecular complexity index is 289. The van der Waals surface area contributed by atoms with Gasteiger partial charge in [0.1, 0.15) is 0 Å². The van der Waals surface area contributed by atoms with E-state index in [9.17, 15) is 0 Å². The molecule has 0 saturated carbocycles. The Balaban J connectivity index is 2.27. The van der Waals surface area contributed by atoms with E-state index in [0.717, 1.165) is 0 Å². The van der Waals surface area contributed by atoms with E-state index in [4.69, 9.17) is 0 Å². The van der Waals surface area contributed by atoms with E-state index in [1.165, 1.54) is 9.75 Å². The van der Waals surface area contributed by atoms with Gasteiger partial charge in [0, 0.05) is 15.1 Å². The molecule has 1 atom stereocenters. The second-order valence-corrected chi connectivity index (χ2v) is 5.14. The lowest BCUT2D eigenvalue weighted by atomic mass is 10.3. The summed E-state index contributed by atoms with van der Waals surface area (Å²) < 4.78 is 0. The van der Waals surface area contributed by atoms with Crippen LogP contribution >= 0.6 is 38.6 Å². The molecule has 0 saturated heterocycles. The molecule has 0 bridgehead atoms. The maximum Gasteiger partial charge on any atom is 0.0831 e. The van der Waals surface area contributed by atoms with Gasteiger partial charge in [-0.2, -0.15) is 0 Å². The van der Waals surface area contributed by atoms with Gasteiger partial charge in [-0.25, -0.2) is 0 Å². The van der Waals surface area contributed by atoms with Crippen LogP contribution in [-0.2, 0) is 0 Å². The molecule has 2 aromatic rings. The topological polar surface area (TPSA) is 0 Å². The minimum Gasteiger partial charge on any atom is -0.147 e. The van der Waals surface area contributed by atoms with Crippen LogP contribution in [0.3, 0.4) is 0 Å². The Morgan fingerprint density at radius 3 is 2.83 bits per heavy atom. The third-order valence-electron chi connectivity index (χ3n) is 1.54. The number of rotatable bonds is 2. The monoisotopic (exact) mass is 257 g/mol. The first-order chi connectivity index (χ1) is 5.88. The van der Waals surface area contributed by atoms with Crippen molar-refractivity contribution in [1.29, 1.82) is 0 Å². The third-order valence-corrected chi connectivity index (χ3v) is 4.93. The summed E-state index contributed by atoms with van der Waals surface area (Å²) in [5, 5.41) is 5.19. The fraction of sp³-hybridized carbons (Fsp3) is 0.111. The molecule has 0 aliphatic carbocycles. The molecular weight excluding hydrogens is 252 g/mol. The van der Waals surface area contributed by atoms with Gasteiger partial charge in [0.05, 0.1) is 4.83 Å². The highest BCUT2D eigenvalue weighted by Crippen LogP contribution is 2.35. The van der Waals surface area contributed by atoms with Crippen LogP contribution in [-0.4, -0.2) is 0 Å². The first kappa shape index (κ1) is 8.48. The molecule has 61 valence electrons. The smallest absolute Gasteiger partial charge is 0.0831 e. The van der Waals surface area contributed by atoms with Crippen molar-refractivity contribution in [1.82, 2.24) is 0 Å². The summed E-state index contributed by atoms with van der Waals surface area (Å²) in [6, 6.07) is 8.28. The molecule has 0 aromatic carbocycles. The summed E-state index contributed by atoms with van der Waals surface area (Å²) in [6.45, 7) is 0. The quantitative estimate of drug-likeness (QED) is 0.711. The second-order valence-electron chi connectivity index (χ2n) is 2.33.